The van der Waals surface area contributed by atoms with Gasteiger partial charge in [-0.15, -0.1) is 0 Å². The maximum absolute atomic E-state index is 10.9. The second kappa shape index (κ2) is 11.6. The van der Waals surface area contributed by atoms with Crippen LogP contribution in [0.2, 0.25) is 0 Å². The zero-order chi connectivity index (χ0) is 17.9. The van der Waals surface area contributed by atoms with Gasteiger partial charge >= 0.3 is 5.97 Å². The molecule has 0 aliphatic heterocycles. The summed E-state index contributed by atoms with van der Waals surface area (Å²) in [6, 6.07) is 0. The summed E-state index contributed by atoms with van der Waals surface area (Å²) in [6.07, 6.45) is 14.3. The van der Waals surface area contributed by atoms with Crippen molar-refractivity contribution >= 4 is 17.7 Å². The van der Waals surface area contributed by atoms with Crippen LogP contribution in [0, 0.1) is 23.7 Å². The van der Waals surface area contributed by atoms with Crippen molar-refractivity contribution in [2.24, 2.45) is 11.8 Å². The predicted molar refractivity (Wildman–Crippen MR) is 105 cm³/mol. The van der Waals surface area contributed by atoms with Crippen LogP contribution < -0.4 is 0 Å². The summed E-state index contributed by atoms with van der Waals surface area (Å²) in [7, 11) is 0. The summed E-state index contributed by atoms with van der Waals surface area (Å²) < 4.78 is 10.8. The maximum atomic E-state index is 10.9. The molecule has 0 heterocycles. The van der Waals surface area contributed by atoms with Gasteiger partial charge in [-0.2, -0.15) is 11.8 Å². The van der Waals surface area contributed by atoms with Crippen molar-refractivity contribution in [2.75, 3.05) is 19.5 Å². The van der Waals surface area contributed by atoms with Crippen LogP contribution in [0.5, 0.6) is 0 Å². The Balaban J connectivity index is 1.55. The molecule has 0 N–H and O–H groups in total. The fraction of sp³-hybridized carbons (Fsp3) is 0.762. The molecule has 25 heavy (non-hydrogen) atoms. The van der Waals surface area contributed by atoms with Gasteiger partial charge in [-0.3, -0.25) is 0 Å². The quantitative estimate of drug-likeness (QED) is 0.286. The number of carbonyl (C=O) groups excluding carboxylic acids is 1. The van der Waals surface area contributed by atoms with Gasteiger partial charge < -0.3 is 9.47 Å². The van der Waals surface area contributed by atoms with Gasteiger partial charge in [0.1, 0.15) is 0 Å². The van der Waals surface area contributed by atoms with E-state index in [0.29, 0.717) is 31.2 Å². The Hall–Kier alpha value is -0.920. The molecule has 0 saturated heterocycles. The first-order valence-corrected chi connectivity index (χ1v) is 10.9. The fourth-order valence-corrected chi connectivity index (χ4v) is 4.34. The molecule has 0 amide bonds. The van der Waals surface area contributed by atoms with E-state index in [0.717, 1.165) is 37.4 Å². The zero-order valence-corrected chi connectivity index (χ0v) is 16.3. The second-order valence-electron chi connectivity index (χ2n) is 7.07. The monoisotopic (exact) mass is 364 g/mol. The molecule has 0 bridgehead atoms. The van der Waals surface area contributed by atoms with E-state index in [1.165, 1.54) is 31.8 Å². The smallest absolute Gasteiger partial charge is 0.330 e. The molecule has 3 nitrogen and oxygen atoms in total. The molecule has 2 aliphatic rings. The Kier molecular flexibility index (Phi) is 9.50. The Morgan fingerprint density at radius 3 is 2.20 bits per heavy atom. The standard InChI is InChI=1S/C21H32O3S/c1-3-21(22)24-16-4-15-23-19-11-7-17(8-12-19)5-6-18-9-13-20(25-2)14-10-18/h3,17-20H,1,4,7-16H2,2H3. The third-order valence-corrected chi connectivity index (χ3v) is 6.36. The zero-order valence-electron chi connectivity index (χ0n) is 15.5. The average Bonchev–Trinajstić information content (AvgIpc) is 2.67. The number of ether oxygens (including phenoxy) is 2. The van der Waals surface area contributed by atoms with Crippen LogP contribution in [0.4, 0.5) is 0 Å². The van der Waals surface area contributed by atoms with Crippen LogP contribution in [0.25, 0.3) is 0 Å². The summed E-state index contributed by atoms with van der Waals surface area (Å²) in [4.78, 5) is 10.9. The van der Waals surface area contributed by atoms with Crippen LogP contribution in [0.1, 0.15) is 57.8 Å². The molecule has 0 aromatic carbocycles. The molecule has 0 spiro atoms. The Morgan fingerprint density at radius 2 is 1.64 bits per heavy atom. The van der Waals surface area contributed by atoms with Gasteiger partial charge in [0.25, 0.3) is 0 Å². The second-order valence-corrected chi connectivity index (χ2v) is 8.21. The molecule has 0 aromatic rings. The summed E-state index contributed by atoms with van der Waals surface area (Å²) in [5.74, 6) is 7.97. The molecule has 2 saturated carbocycles. The van der Waals surface area contributed by atoms with Crippen LogP contribution in [-0.2, 0) is 14.3 Å². The topological polar surface area (TPSA) is 35.5 Å². The van der Waals surface area contributed by atoms with E-state index in [1.54, 1.807) is 0 Å². The van der Waals surface area contributed by atoms with Crippen LogP contribution >= 0.6 is 11.8 Å². The molecule has 0 atom stereocenters. The molecule has 0 aromatic heterocycles. The van der Waals surface area contributed by atoms with E-state index in [2.05, 4.69) is 24.7 Å². The van der Waals surface area contributed by atoms with E-state index in [4.69, 9.17) is 9.47 Å². The molecular weight excluding hydrogens is 332 g/mol. The lowest BCUT2D eigenvalue weighted by Crippen LogP contribution is -2.22. The van der Waals surface area contributed by atoms with E-state index in [9.17, 15) is 4.79 Å². The lowest BCUT2D eigenvalue weighted by atomic mass is 9.85. The highest BCUT2D eigenvalue weighted by Crippen LogP contribution is 2.31. The molecule has 0 radical (unpaired) electrons. The predicted octanol–water partition coefficient (Wildman–Crippen LogP) is 4.61. The van der Waals surface area contributed by atoms with Gasteiger partial charge in [-0.25, -0.2) is 4.79 Å². The molecule has 4 heteroatoms. The third kappa shape index (κ3) is 7.88. The van der Waals surface area contributed by atoms with E-state index in [1.807, 2.05) is 11.8 Å². The minimum Gasteiger partial charge on any atom is -0.462 e. The number of hydrogen-bond donors (Lipinski definition) is 0. The highest BCUT2D eigenvalue weighted by atomic mass is 32.2. The van der Waals surface area contributed by atoms with Gasteiger partial charge in [0, 0.05) is 29.6 Å². The first kappa shape index (κ1) is 20.4. The number of thioether (sulfide) groups is 1. The van der Waals surface area contributed by atoms with E-state index >= 15 is 0 Å². The average molecular weight is 365 g/mol. The fourth-order valence-electron chi connectivity index (χ4n) is 3.59. The van der Waals surface area contributed by atoms with Crippen molar-refractivity contribution in [3.63, 3.8) is 0 Å². The third-order valence-electron chi connectivity index (χ3n) is 5.23. The minimum atomic E-state index is -0.360. The largest absolute Gasteiger partial charge is 0.462 e. The first-order chi connectivity index (χ1) is 12.2. The Labute approximate surface area is 157 Å². The Bertz CT molecular complexity index is 463. The SMILES string of the molecule is C=CC(=O)OCCCOC1CCC(C#CC2CCC(SC)CC2)CC1. The summed E-state index contributed by atoms with van der Waals surface area (Å²) in [5, 5.41) is 0.867. The van der Waals surface area contributed by atoms with Crippen molar-refractivity contribution in [3.8, 4) is 11.8 Å². The normalized spacial score (nSPS) is 29.3. The van der Waals surface area contributed by atoms with Crippen LogP contribution in [-0.4, -0.2) is 36.8 Å². The summed E-state index contributed by atoms with van der Waals surface area (Å²) in [6.45, 7) is 4.44. The molecule has 2 rings (SSSR count). The van der Waals surface area contributed by atoms with Crippen molar-refractivity contribution in [3.05, 3.63) is 12.7 Å². The molecule has 2 fully saturated rings. The lowest BCUT2D eigenvalue weighted by Gasteiger charge is -2.26. The first-order valence-electron chi connectivity index (χ1n) is 9.66. The van der Waals surface area contributed by atoms with Crippen LogP contribution in [0.3, 0.4) is 0 Å². The number of rotatable bonds is 7. The number of carbonyl (C=O) groups is 1. The van der Waals surface area contributed by atoms with Gasteiger partial charge in [0.05, 0.1) is 19.3 Å². The minimum absolute atomic E-state index is 0.352. The summed E-state index contributed by atoms with van der Waals surface area (Å²) >= 11 is 2.02. The van der Waals surface area contributed by atoms with Crippen LogP contribution in [0.15, 0.2) is 12.7 Å². The van der Waals surface area contributed by atoms with Crippen molar-refractivity contribution < 1.29 is 14.3 Å². The van der Waals surface area contributed by atoms with Gasteiger partial charge in [0.15, 0.2) is 0 Å². The Morgan fingerprint density at radius 1 is 1.04 bits per heavy atom. The van der Waals surface area contributed by atoms with E-state index in [-0.39, 0.29) is 5.97 Å². The van der Waals surface area contributed by atoms with Crippen molar-refractivity contribution in [1.29, 1.82) is 0 Å². The van der Waals surface area contributed by atoms with Gasteiger partial charge in [-0.05, 0) is 57.6 Å². The summed E-state index contributed by atoms with van der Waals surface area (Å²) in [5.41, 5.74) is 0. The molecule has 0 unspecified atom stereocenters. The van der Waals surface area contributed by atoms with E-state index < -0.39 is 0 Å². The molecule has 2 aliphatic carbocycles. The van der Waals surface area contributed by atoms with Crippen molar-refractivity contribution in [1.82, 2.24) is 0 Å². The lowest BCUT2D eigenvalue weighted by molar-refractivity contribution is -0.138. The number of esters is 1. The number of hydrogen-bond acceptors (Lipinski definition) is 4. The van der Waals surface area contributed by atoms with Gasteiger partial charge in [-0.1, -0.05) is 18.4 Å². The molecular formula is C21H32O3S. The van der Waals surface area contributed by atoms with Gasteiger partial charge in [0.2, 0.25) is 0 Å². The highest BCUT2D eigenvalue weighted by Gasteiger charge is 2.21. The molecule has 140 valence electrons. The van der Waals surface area contributed by atoms with Crippen molar-refractivity contribution in [2.45, 2.75) is 69.1 Å². The highest BCUT2D eigenvalue weighted by molar-refractivity contribution is 7.99. The maximum Gasteiger partial charge on any atom is 0.330 e.